The van der Waals surface area contributed by atoms with Crippen LogP contribution in [0.4, 0.5) is 5.69 Å². The van der Waals surface area contributed by atoms with Gasteiger partial charge in [-0.3, -0.25) is 9.69 Å². The van der Waals surface area contributed by atoms with Crippen LogP contribution in [0, 0.1) is 0 Å². The summed E-state index contributed by atoms with van der Waals surface area (Å²) in [7, 11) is 0. The van der Waals surface area contributed by atoms with Crippen molar-refractivity contribution in [2.45, 2.75) is 38.8 Å². The second-order valence-electron chi connectivity index (χ2n) is 4.85. The smallest absolute Gasteiger partial charge is 0.320 e. The van der Waals surface area contributed by atoms with Gasteiger partial charge in [-0.2, -0.15) is 0 Å². The molecule has 0 aromatic heterocycles. The highest BCUT2D eigenvalue weighted by Gasteiger charge is 2.28. The topological polar surface area (TPSA) is 66.6 Å². The van der Waals surface area contributed by atoms with Crippen LogP contribution in [0.3, 0.4) is 0 Å². The van der Waals surface area contributed by atoms with Crippen molar-refractivity contribution in [3.63, 3.8) is 0 Å². The first-order chi connectivity index (χ1) is 8.63. The minimum absolute atomic E-state index is 0.371. The highest BCUT2D eigenvalue weighted by molar-refractivity contribution is 5.73. The quantitative estimate of drug-likeness (QED) is 0.798. The molecule has 1 heterocycles. The van der Waals surface area contributed by atoms with Crippen LogP contribution in [0.15, 0.2) is 18.2 Å². The monoisotopic (exact) mass is 248 g/mol. The van der Waals surface area contributed by atoms with Gasteiger partial charge >= 0.3 is 5.97 Å². The lowest BCUT2D eigenvalue weighted by Gasteiger charge is -2.33. The van der Waals surface area contributed by atoms with E-state index >= 15 is 0 Å². The number of nitrogen functional groups attached to an aromatic ring is 1. The third-order valence-electron chi connectivity index (χ3n) is 3.62. The number of nitrogens with zero attached hydrogens (tertiary/aromatic N) is 1. The Bertz CT molecular complexity index is 445. The summed E-state index contributed by atoms with van der Waals surface area (Å²) in [5.74, 6) is -0.718. The molecule has 3 N–H and O–H groups in total. The molecule has 0 spiro atoms. The lowest BCUT2D eigenvalue weighted by molar-refractivity contribution is -0.144. The zero-order chi connectivity index (χ0) is 13.1. The van der Waals surface area contributed by atoms with E-state index in [1.807, 2.05) is 30.0 Å². The van der Waals surface area contributed by atoms with E-state index in [2.05, 4.69) is 0 Å². The van der Waals surface area contributed by atoms with Crippen LogP contribution in [0.2, 0.25) is 0 Å². The molecule has 1 aliphatic heterocycles. The van der Waals surface area contributed by atoms with Gasteiger partial charge < -0.3 is 10.8 Å². The Labute approximate surface area is 107 Å². The molecule has 0 amide bonds. The van der Waals surface area contributed by atoms with Crippen molar-refractivity contribution < 1.29 is 9.90 Å². The zero-order valence-electron chi connectivity index (χ0n) is 10.7. The minimum Gasteiger partial charge on any atom is -0.480 e. The van der Waals surface area contributed by atoms with E-state index in [0.29, 0.717) is 13.0 Å². The van der Waals surface area contributed by atoms with Gasteiger partial charge in [0.25, 0.3) is 0 Å². The molecule has 0 aliphatic carbocycles. The molecule has 1 aromatic carbocycles. The van der Waals surface area contributed by atoms with E-state index in [1.165, 1.54) is 11.1 Å². The van der Waals surface area contributed by atoms with Crippen molar-refractivity contribution in [2.75, 3.05) is 12.3 Å². The molecule has 18 heavy (non-hydrogen) atoms. The Morgan fingerprint density at radius 1 is 1.56 bits per heavy atom. The van der Waals surface area contributed by atoms with Crippen LogP contribution in [0.25, 0.3) is 0 Å². The summed E-state index contributed by atoms with van der Waals surface area (Å²) in [6.07, 6.45) is 2.43. The van der Waals surface area contributed by atoms with Crippen molar-refractivity contribution in [3.05, 3.63) is 29.3 Å². The summed E-state index contributed by atoms with van der Waals surface area (Å²) >= 11 is 0. The average Bonchev–Trinajstić information content (AvgIpc) is 2.35. The van der Waals surface area contributed by atoms with Crippen molar-refractivity contribution in [3.8, 4) is 0 Å². The molecule has 0 bridgehead atoms. The minimum atomic E-state index is -0.718. The Kier molecular flexibility index (Phi) is 3.87. The fourth-order valence-corrected chi connectivity index (χ4v) is 2.66. The Morgan fingerprint density at radius 3 is 3.00 bits per heavy atom. The van der Waals surface area contributed by atoms with E-state index < -0.39 is 5.97 Å². The molecule has 4 nitrogen and oxygen atoms in total. The Balaban J connectivity index is 2.18. The van der Waals surface area contributed by atoms with Crippen LogP contribution < -0.4 is 5.73 Å². The number of anilines is 1. The summed E-state index contributed by atoms with van der Waals surface area (Å²) < 4.78 is 0. The van der Waals surface area contributed by atoms with Gasteiger partial charge in [0, 0.05) is 18.8 Å². The Morgan fingerprint density at radius 2 is 2.33 bits per heavy atom. The van der Waals surface area contributed by atoms with Crippen LogP contribution in [-0.4, -0.2) is 28.6 Å². The molecule has 4 heteroatoms. The molecule has 98 valence electrons. The fraction of sp³-hybridized carbons (Fsp3) is 0.500. The maximum Gasteiger partial charge on any atom is 0.320 e. The molecule has 1 unspecified atom stereocenters. The summed E-state index contributed by atoms with van der Waals surface area (Å²) in [4.78, 5) is 13.4. The number of aliphatic carboxylic acids is 1. The zero-order valence-corrected chi connectivity index (χ0v) is 10.7. The predicted molar refractivity (Wildman–Crippen MR) is 71.3 cm³/mol. The molecule has 2 rings (SSSR count). The van der Waals surface area contributed by atoms with Gasteiger partial charge in [-0.25, -0.2) is 0 Å². The normalized spacial score (nSPS) is 17.2. The molecule has 1 aliphatic rings. The molecule has 1 atom stereocenters. The molecule has 0 radical (unpaired) electrons. The van der Waals surface area contributed by atoms with Crippen molar-refractivity contribution in [2.24, 2.45) is 0 Å². The molecule has 0 saturated heterocycles. The van der Waals surface area contributed by atoms with Crippen molar-refractivity contribution in [1.82, 2.24) is 4.90 Å². The van der Waals surface area contributed by atoms with Gasteiger partial charge in [0.15, 0.2) is 0 Å². The highest BCUT2D eigenvalue weighted by atomic mass is 16.4. The summed E-state index contributed by atoms with van der Waals surface area (Å²) in [5, 5.41) is 9.29. The van der Waals surface area contributed by atoms with Gasteiger partial charge in [-0.1, -0.05) is 25.5 Å². The molecule has 0 saturated carbocycles. The number of rotatable bonds is 4. The second kappa shape index (κ2) is 5.40. The summed E-state index contributed by atoms with van der Waals surface area (Å²) in [5.41, 5.74) is 9.13. The summed E-state index contributed by atoms with van der Waals surface area (Å²) in [6.45, 7) is 3.49. The van der Waals surface area contributed by atoms with Gasteiger partial charge in [0.05, 0.1) is 0 Å². The van der Waals surface area contributed by atoms with E-state index in [-0.39, 0.29) is 6.04 Å². The van der Waals surface area contributed by atoms with E-state index in [0.717, 1.165) is 25.1 Å². The molecule has 0 fully saturated rings. The van der Waals surface area contributed by atoms with Crippen molar-refractivity contribution >= 4 is 11.7 Å². The molecular weight excluding hydrogens is 228 g/mol. The number of nitrogens with two attached hydrogens (primary N) is 1. The lowest BCUT2D eigenvalue weighted by Crippen LogP contribution is -2.44. The molecule has 1 aromatic rings. The maximum absolute atomic E-state index is 11.3. The average molecular weight is 248 g/mol. The number of fused-ring (bicyclic) bond motifs is 1. The van der Waals surface area contributed by atoms with Gasteiger partial charge in [0.1, 0.15) is 6.04 Å². The number of carboxylic acids is 1. The van der Waals surface area contributed by atoms with Crippen LogP contribution in [0.1, 0.15) is 30.9 Å². The first-order valence-electron chi connectivity index (χ1n) is 6.46. The number of benzene rings is 1. The predicted octanol–water partition coefficient (Wildman–Crippen LogP) is 1.88. The first-order valence-corrected chi connectivity index (χ1v) is 6.46. The van der Waals surface area contributed by atoms with Gasteiger partial charge in [0.2, 0.25) is 0 Å². The van der Waals surface area contributed by atoms with E-state index in [1.54, 1.807) is 0 Å². The van der Waals surface area contributed by atoms with E-state index in [4.69, 9.17) is 5.73 Å². The van der Waals surface area contributed by atoms with Crippen molar-refractivity contribution in [1.29, 1.82) is 0 Å². The Hall–Kier alpha value is -1.55. The summed E-state index contributed by atoms with van der Waals surface area (Å²) in [6, 6.07) is 5.52. The maximum atomic E-state index is 11.3. The van der Waals surface area contributed by atoms with Gasteiger partial charge in [-0.05, 0) is 30.0 Å². The van der Waals surface area contributed by atoms with Crippen LogP contribution in [-0.2, 0) is 17.8 Å². The molecular formula is C14H20N2O2. The highest BCUT2D eigenvalue weighted by Crippen LogP contribution is 2.26. The third-order valence-corrected chi connectivity index (χ3v) is 3.62. The third kappa shape index (κ3) is 2.48. The second-order valence-corrected chi connectivity index (χ2v) is 4.85. The number of hydrogen-bond acceptors (Lipinski definition) is 3. The number of carboxylic acid groups (broad SMARTS) is 1. The van der Waals surface area contributed by atoms with Crippen LogP contribution >= 0.6 is 0 Å². The fourth-order valence-electron chi connectivity index (χ4n) is 2.66. The number of hydrogen-bond donors (Lipinski definition) is 2. The lowest BCUT2D eigenvalue weighted by atomic mass is 9.96. The largest absolute Gasteiger partial charge is 0.480 e. The number of carbonyl (C=O) groups is 1. The SMILES string of the molecule is CCCC(C(=O)O)N1CCc2c(N)cccc2C1. The van der Waals surface area contributed by atoms with Gasteiger partial charge in [-0.15, -0.1) is 0 Å². The van der Waals surface area contributed by atoms with Crippen LogP contribution in [0.5, 0.6) is 0 Å². The first kappa shape index (κ1) is 12.9. The standard InChI is InChI=1S/C14H20N2O2/c1-2-4-13(14(17)18)16-8-7-11-10(9-16)5-3-6-12(11)15/h3,5-6,13H,2,4,7-9,15H2,1H3,(H,17,18). The van der Waals surface area contributed by atoms with E-state index in [9.17, 15) is 9.90 Å².